The van der Waals surface area contributed by atoms with E-state index in [1.165, 1.54) is 51.6 Å². The molecule has 2 aliphatic heterocycles. The fourth-order valence-electron chi connectivity index (χ4n) is 3.08. The number of rotatable bonds is 3. The van der Waals surface area contributed by atoms with E-state index in [-0.39, 0.29) is 0 Å². The molecule has 1 saturated carbocycles. The standard InChI is InChI=1S/C13H24N2O/c1-2-12(10-16-9-1)14-11-5-7-15(8-6-11)13-3-4-13/h11-14H,1-10H2. The van der Waals surface area contributed by atoms with Crippen molar-refractivity contribution in [2.75, 3.05) is 26.3 Å². The average Bonchev–Trinajstić information content (AvgIpc) is 3.15. The minimum atomic E-state index is 0.631. The van der Waals surface area contributed by atoms with Crippen LogP contribution in [0.2, 0.25) is 0 Å². The van der Waals surface area contributed by atoms with E-state index >= 15 is 0 Å². The maximum atomic E-state index is 5.52. The van der Waals surface area contributed by atoms with Crippen LogP contribution in [0.25, 0.3) is 0 Å². The lowest BCUT2D eigenvalue weighted by Crippen LogP contribution is -2.48. The summed E-state index contributed by atoms with van der Waals surface area (Å²) in [5, 5.41) is 3.79. The van der Waals surface area contributed by atoms with E-state index in [4.69, 9.17) is 4.74 Å². The van der Waals surface area contributed by atoms with E-state index in [1.807, 2.05) is 0 Å². The average molecular weight is 224 g/mol. The van der Waals surface area contributed by atoms with E-state index in [0.29, 0.717) is 6.04 Å². The summed E-state index contributed by atoms with van der Waals surface area (Å²) in [7, 11) is 0. The normalized spacial score (nSPS) is 34.1. The Hall–Kier alpha value is -0.120. The van der Waals surface area contributed by atoms with Gasteiger partial charge >= 0.3 is 0 Å². The molecular formula is C13H24N2O. The van der Waals surface area contributed by atoms with Crippen LogP contribution in [0.15, 0.2) is 0 Å². The highest BCUT2D eigenvalue weighted by molar-refractivity contribution is 4.89. The molecule has 0 spiro atoms. The zero-order valence-corrected chi connectivity index (χ0v) is 10.2. The molecule has 1 N–H and O–H groups in total. The lowest BCUT2D eigenvalue weighted by atomic mass is 10.0. The largest absolute Gasteiger partial charge is 0.380 e. The van der Waals surface area contributed by atoms with Crippen LogP contribution in [-0.4, -0.2) is 49.3 Å². The van der Waals surface area contributed by atoms with Gasteiger partial charge in [-0.2, -0.15) is 0 Å². The summed E-state index contributed by atoms with van der Waals surface area (Å²) in [6.45, 7) is 4.53. The minimum Gasteiger partial charge on any atom is -0.380 e. The third-order valence-electron chi connectivity index (χ3n) is 4.22. The van der Waals surface area contributed by atoms with Gasteiger partial charge < -0.3 is 15.0 Å². The van der Waals surface area contributed by atoms with Crippen LogP contribution in [0.3, 0.4) is 0 Å². The maximum absolute atomic E-state index is 5.52. The monoisotopic (exact) mass is 224 g/mol. The van der Waals surface area contributed by atoms with Gasteiger partial charge in [-0.25, -0.2) is 0 Å². The first-order valence-electron chi connectivity index (χ1n) is 6.99. The van der Waals surface area contributed by atoms with Crippen LogP contribution >= 0.6 is 0 Å². The van der Waals surface area contributed by atoms with Gasteiger partial charge in [-0.3, -0.25) is 0 Å². The van der Waals surface area contributed by atoms with E-state index in [1.54, 1.807) is 0 Å². The van der Waals surface area contributed by atoms with Crippen LogP contribution in [0, 0.1) is 0 Å². The molecule has 0 amide bonds. The smallest absolute Gasteiger partial charge is 0.0619 e. The quantitative estimate of drug-likeness (QED) is 0.784. The number of piperidine rings is 1. The predicted octanol–water partition coefficient (Wildman–Crippen LogP) is 1.38. The lowest BCUT2D eigenvalue weighted by molar-refractivity contribution is 0.0610. The fraction of sp³-hybridized carbons (Fsp3) is 1.00. The summed E-state index contributed by atoms with van der Waals surface area (Å²) in [5.41, 5.74) is 0. The Labute approximate surface area is 98.5 Å². The molecule has 3 aliphatic rings. The van der Waals surface area contributed by atoms with Crippen LogP contribution in [0.4, 0.5) is 0 Å². The number of nitrogens with zero attached hydrogens (tertiary/aromatic N) is 1. The van der Waals surface area contributed by atoms with Gasteiger partial charge in [0, 0.05) is 24.7 Å². The molecule has 3 fully saturated rings. The van der Waals surface area contributed by atoms with Gasteiger partial charge in [-0.05, 0) is 51.6 Å². The summed E-state index contributed by atoms with van der Waals surface area (Å²) in [6, 6.07) is 2.34. The van der Waals surface area contributed by atoms with Crippen LogP contribution < -0.4 is 5.32 Å². The van der Waals surface area contributed by atoms with Crippen molar-refractivity contribution >= 4 is 0 Å². The number of likely N-dealkylation sites (tertiary alicyclic amines) is 1. The van der Waals surface area contributed by atoms with Crippen molar-refractivity contribution in [1.29, 1.82) is 0 Å². The topological polar surface area (TPSA) is 24.5 Å². The molecule has 16 heavy (non-hydrogen) atoms. The van der Waals surface area contributed by atoms with Gasteiger partial charge in [0.05, 0.1) is 6.61 Å². The van der Waals surface area contributed by atoms with Crippen molar-refractivity contribution in [3.05, 3.63) is 0 Å². The molecule has 1 aliphatic carbocycles. The molecule has 1 atom stereocenters. The minimum absolute atomic E-state index is 0.631. The predicted molar refractivity (Wildman–Crippen MR) is 64.6 cm³/mol. The van der Waals surface area contributed by atoms with Crippen molar-refractivity contribution < 1.29 is 4.74 Å². The molecule has 92 valence electrons. The lowest BCUT2D eigenvalue weighted by Gasteiger charge is -2.35. The van der Waals surface area contributed by atoms with E-state index in [9.17, 15) is 0 Å². The Morgan fingerprint density at radius 1 is 0.938 bits per heavy atom. The van der Waals surface area contributed by atoms with E-state index in [2.05, 4.69) is 10.2 Å². The van der Waals surface area contributed by atoms with Gasteiger partial charge in [0.2, 0.25) is 0 Å². The zero-order valence-electron chi connectivity index (χ0n) is 10.2. The Balaban J connectivity index is 1.39. The molecule has 3 heteroatoms. The highest BCUT2D eigenvalue weighted by atomic mass is 16.5. The highest BCUT2D eigenvalue weighted by Crippen LogP contribution is 2.29. The first-order chi connectivity index (χ1) is 7.92. The van der Waals surface area contributed by atoms with Crippen molar-refractivity contribution in [3.63, 3.8) is 0 Å². The van der Waals surface area contributed by atoms with Gasteiger partial charge in [0.25, 0.3) is 0 Å². The molecule has 0 bridgehead atoms. The molecule has 3 nitrogen and oxygen atoms in total. The number of ether oxygens (including phenoxy) is 1. The number of hydrogen-bond donors (Lipinski definition) is 1. The van der Waals surface area contributed by atoms with Crippen molar-refractivity contribution in [2.45, 2.75) is 56.7 Å². The van der Waals surface area contributed by atoms with Gasteiger partial charge in [0.15, 0.2) is 0 Å². The number of hydrogen-bond acceptors (Lipinski definition) is 3. The molecule has 0 aromatic carbocycles. The number of nitrogens with one attached hydrogen (secondary N) is 1. The summed E-state index contributed by atoms with van der Waals surface area (Å²) in [4.78, 5) is 2.69. The van der Waals surface area contributed by atoms with E-state index < -0.39 is 0 Å². The molecule has 0 radical (unpaired) electrons. The Kier molecular flexibility index (Phi) is 3.46. The van der Waals surface area contributed by atoms with Gasteiger partial charge in [0.1, 0.15) is 0 Å². The SMILES string of the molecule is C1COCC(NC2CCN(C3CC3)CC2)C1. The summed E-state index contributed by atoms with van der Waals surface area (Å²) in [6.07, 6.45) is 8.13. The second-order valence-electron chi connectivity index (χ2n) is 5.62. The summed E-state index contributed by atoms with van der Waals surface area (Å²) < 4.78 is 5.52. The summed E-state index contributed by atoms with van der Waals surface area (Å²) >= 11 is 0. The van der Waals surface area contributed by atoms with Crippen molar-refractivity contribution in [1.82, 2.24) is 10.2 Å². The second-order valence-corrected chi connectivity index (χ2v) is 5.62. The second kappa shape index (κ2) is 5.03. The molecule has 2 saturated heterocycles. The van der Waals surface area contributed by atoms with Crippen LogP contribution in [-0.2, 0) is 4.74 Å². The molecule has 0 aromatic rings. The third kappa shape index (κ3) is 2.76. The first kappa shape index (κ1) is 11.0. The van der Waals surface area contributed by atoms with Crippen molar-refractivity contribution in [3.8, 4) is 0 Å². The van der Waals surface area contributed by atoms with Crippen LogP contribution in [0.1, 0.15) is 38.5 Å². The van der Waals surface area contributed by atoms with Crippen molar-refractivity contribution in [2.24, 2.45) is 0 Å². The fourth-order valence-corrected chi connectivity index (χ4v) is 3.08. The highest BCUT2D eigenvalue weighted by Gasteiger charge is 2.32. The Morgan fingerprint density at radius 3 is 2.38 bits per heavy atom. The molecule has 2 heterocycles. The maximum Gasteiger partial charge on any atom is 0.0619 e. The molecule has 1 unspecified atom stereocenters. The Bertz CT molecular complexity index is 216. The molecular weight excluding hydrogens is 200 g/mol. The first-order valence-corrected chi connectivity index (χ1v) is 6.99. The Morgan fingerprint density at radius 2 is 1.75 bits per heavy atom. The molecule has 3 rings (SSSR count). The summed E-state index contributed by atoms with van der Waals surface area (Å²) in [5.74, 6) is 0. The third-order valence-corrected chi connectivity index (χ3v) is 4.22. The molecule has 0 aromatic heterocycles. The van der Waals surface area contributed by atoms with Gasteiger partial charge in [-0.15, -0.1) is 0 Å². The van der Waals surface area contributed by atoms with E-state index in [0.717, 1.165) is 25.3 Å². The van der Waals surface area contributed by atoms with Crippen LogP contribution in [0.5, 0.6) is 0 Å². The van der Waals surface area contributed by atoms with Gasteiger partial charge in [-0.1, -0.05) is 0 Å². The zero-order chi connectivity index (χ0) is 10.8.